The van der Waals surface area contributed by atoms with E-state index in [4.69, 9.17) is 0 Å². The first kappa shape index (κ1) is 16.6. The molecule has 0 saturated heterocycles. The van der Waals surface area contributed by atoms with Crippen molar-refractivity contribution in [3.8, 4) is 11.3 Å². The first-order chi connectivity index (χ1) is 11.3. The van der Waals surface area contributed by atoms with E-state index in [1.807, 2.05) is 0 Å². The lowest BCUT2D eigenvalue weighted by atomic mass is 10.1. The van der Waals surface area contributed by atoms with Gasteiger partial charge < -0.3 is 0 Å². The van der Waals surface area contributed by atoms with Crippen LogP contribution in [0.4, 0.5) is 22.0 Å². The molecule has 0 aliphatic carbocycles. The Hall–Kier alpha value is -2.28. The second-order valence-corrected chi connectivity index (χ2v) is 6.07. The highest BCUT2D eigenvalue weighted by molar-refractivity contribution is 7.10. The number of benzene rings is 2. The van der Waals surface area contributed by atoms with Gasteiger partial charge in [-0.05, 0) is 29.8 Å². The molecule has 0 unspecified atom stereocenters. The van der Waals surface area contributed by atoms with Crippen LogP contribution >= 0.6 is 11.3 Å². The Labute approximate surface area is 138 Å². The Morgan fingerprint density at radius 1 is 1.00 bits per heavy atom. The summed E-state index contributed by atoms with van der Waals surface area (Å²) in [6, 6.07) is 8.79. The fraction of sp³-hybridized carbons (Fsp3) is 0.118. The summed E-state index contributed by atoms with van der Waals surface area (Å²) >= 11 is 1.25. The Morgan fingerprint density at radius 3 is 2.50 bits per heavy atom. The van der Waals surface area contributed by atoms with E-state index in [1.54, 1.807) is 17.5 Å². The number of hydrogen-bond donors (Lipinski definition) is 0. The second-order valence-electron chi connectivity index (χ2n) is 5.13. The zero-order valence-electron chi connectivity index (χ0n) is 12.1. The molecular formula is C17H10F5NS. The maximum absolute atomic E-state index is 13.3. The quantitative estimate of drug-likeness (QED) is 0.550. The highest BCUT2D eigenvalue weighted by atomic mass is 32.1. The van der Waals surface area contributed by atoms with Crippen LogP contribution in [-0.2, 0) is 12.6 Å². The number of halogens is 5. The third-order valence-electron chi connectivity index (χ3n) is 3.36. The van der Waals surface area contributed by atoms with E-state index in [9.17, 15) is 22.0 Å². The van der Waals surface area contributed by atoms with Gasteiger partial charge in [-0.1, -0.05) is 18.2 Å². The van der Waals surface area contributed by atoms with Crippen LogP contribution in [0, 0.1) is 11.6 Å². The largest absolute Gasteiger partial charge is 0.419 e. The van der Waals surface area contributed by atoms with E-state index in [2.05, 4.69) is 4.98 Å². The van der Waals surface area contributed by atoms with E-state index in [0.29, 0.717) is 21.8 Å². The fourth-order valence-corrected chi connectivity index (χ4v) is 3.08. The van der Waals surface area contributed by atoms with Gasteiger partial charge in [-0.2, -0.15) is 13.2 Å². The number of thiazole rings is 1. The number of hydrogen-bond acceptors (Lipinski definition) is 2. The summed E-state index contributed by atoms with van der Waals surface area (Å²) in [4.78, 5) is 4.31. The van der Waals surface area contributed by atoms with Gasteiger partial charge in [0.2, 0.25) is 0 Å². The lowest BCUT2D eigenvalue weighted by Gasteiger charge is -2.09. The van der Waals surface area contributed by atoms with Gasteiger partial charge in [-0.3, -0.25) is 0 Å². The maximum atomic E-state index is 13.3. The van der Waals surface area contributed by atoms with Crippen LogP contribution in [0.2, 0.25) is 0 Å². The molecule has 0 bridgehead atoms. The van der Waals surface area contributed by atoms with Gasteiger partial charge in [0.05, 0.1) is 16.3 Å². The number of rotatable bonds is 3. The average molecular weight is 355 g/mol. The number of nitrogens with zero attached hydrogens (tertiary/aromatic N) is 1. The molecule has 0 N–H and O–H groups in total. The molecule has 0 aliphatic heterocycles. The zero-order valence-corrected chi connectivity index (χ0v) is 12.9. The van der Waals surface area contributed by atoms with E-state index < -0.39 is 23.4 Å². The Balaban J connectivity index is 1.85. The summed E-state index contributed by atoms with van der Waals surface area (Å²) in [7, 11) is 0. The normalized spacial score (nSPS) is 11.7. The molecule has 0 radical (unpaired) electrons. The molecule has 0 atom stereocenters. The van der Waals surface area contributed by atoms with Crippen molar-refractivity contribution in [2.75, 3.05) is 0 Å². The van der Waals surface area contributed by atoms with Gasteiger partial charge in [0.15, 0.2) is 0 Å². The van der Waals surface area contributed by atoms with Crippen LogP contribution < -0.4 is 0 Å². The van der Waals surface area contributed by atoms with Crippen LogP contribution in [0.1, 0.15) is 16.1 Å². The molecule has 7 heteroatoms. The third kappa shape index (κ3) is 3.62. The third-order valence-corrected chi connectivity index (χ3v) is 4.21. The topological polar surface area (TPSA) is 12.9 Å². The van der Waals surface area contributed by atoms with Crippen LogP contribution in [0.3, 0.4) is 0 Å². The minimum atomic E-state index is -4.74. The first-order valence-electron chi connectivity index (χ1n) is 6.89. The minimum Gasteiger partial charge on any atom is -0.241 e. The molecule has 1 nitrogen and oxygen atoms in total. The van der Waals surface area contributed by atoms with Crippen molar-refractivity contribution in [1.29, 1.82) is 0 Å². The van der Waals surface area contributed by atoms with Crippen molar-refractivity contribution in [2.24, 2.45) is 0 Å². The highest BCUT2D eigenvalue weighted by Gasteiger charge is 2.34. The summed E-state index contributed by atoms with van der Waals surface area (Å²) in [5.41, 5.74) is 0.158. The second kappa shape index (κ2) is 6.32. The summed E-state index contributed by atoms with van der Waals surface area (Å²) < 4.78 is 64.8. The van der Waals surface area contributed by atoms with Crippen LogP contribution in [0.25, 0.3) is 11.3 Å². The van der Waals surface area contributed by atoms with Crippen LogP contribution in [0.5, 0.6) is 0 Å². The Bertz CT molecular complexity index is 869. The lowest BCUT2D eigenvalue weighted by Crippen LogP contribution is -2.08. The molecule has 0 aliphatic rings. The van der Waals surface area contributed by atoms with Crippen molar-refractivity contribution in [3.63, 3.8) is 0 Å². The molecular weight excluding hydrogens is 345 g/mol. The predicted molar refractivity (Wildman–Crippen MR) is 81.7 cm³/mol. The maximum Gasteiger partial charge on any atom is 0.419 e. The summed E-state index contributed by atoms with van der Waals surface area (Å²) in [5, 5.41) is 2.27. The smallest absolute Gasteiger partial charge is 0.241 e. The first-order valence-corrected chi connectivity index (χ1v) is 7.77. The zero-order chi connectivity index (χ0) is 17.3. The summed E-state index contributed by atoms with van der Waals surface area (Å²) in [6.07, 6.45) is -4.60. The van der Waals surface area contributed by atoms with E-state index >= 15 is 0 Å². The van der Waals surface area contributed by atoms with Gasteiger partial charge in [0, 0.05) is 17.4 Å². The number of alkyl halides is 3. The number of aromatic nitrogens is 1. The molecule has 0 amide bonds. The summed E-state index contributed by atoms with van der Waals surface area (Å²) in [6.45, 7) is 0. The van der Waals surface area contributed by atoms with Crippen molar-refractivity contribution in [3.05, 3.63) is 75.6 Å². The molecule has 0 fully saturated rings. The average Bonchev–Trinajstić information content (AvgIpc) is 2.97. The SMILES string of the molecule is Fc1cccc(-c2csc(Cc3ccc(F)c(C(F)(F)F)c3)n2)c1. The minimum absolute atomic E-state index is 0.142. The fourth-order valence-electron chi connectivity index (χ4n) is 2.25. The van der Waals surface area contributed by atoms with Gasteiger partial charge in [0.25, 0.3) is 0 Å². The molecule has 0 saturated carbocycles. The molecule has 124 valence electrons. The highest BCUT2D eigenvalue weighted by Crippen LogP contribution is 2.32. The van der Waals surface area contributed by atoms with E-state index in [1.165, 1.54) is 29.5 Å². The van der Waals surface area contributed by atoms with Gasteiger partial charge in [-0.25, -0.2) is 13.8 Å². The van der Waals surface area contributed by atoms with Crippen molar-refractivity contribution >= 4 is 11.3 Å². The summed E-state index contributed by atoms with van der Waals surface area (Å²) in [5.74, 6) is -1.69. The molecule has 24 heavy (non-hydrogen) atoms. The van der Waals surface area contributed by atoms with E-state index in [-0.39, 0.29) is 6.42 Å². The molecule has 3 aromatic rings. The van der Waals surface area contributed by atoms with Gasteiger partial charge in [0.1, 0.15) is 11.6 Å². The van der Waals surface area contributed by atoms with Crippen molar-refractivity contribution in [2.45, 2.75) is 12.6 Å². The predicted octanol–water partition coefficient (Wildman–Crippen LogP) is 5.70. The van der Waals surface area contributed by atoms with Crippen LogP contribution in [-0.4, -0.2) is 4.98 Å². The van der Waals surface area contributed by atoms with Gasteiger partial charge in [-0.15, -0.1) is 11.3 Å². The standard InChI is InChI=1S/C17H10F5NS/c18-12-3-1-2-11(8-12)15-9-24-16(23-15)7-10-4-5-14(19)13(6-10)17(20,21)22/h1-6,8-9H,7H2. The Kier molecular flexibility index (Phi) is 4.36. The molecule has 2 aromatic carbocycles. The molecule has 1 heterocycles. The van der Waals surface area contributed by atoms with Crippen LogP contribution in [0.15, 0.2) is 47.8 Å². The molecule has 0 spiro atoms. The molecule has 3 rings (SSSR count). The van der Waals surface area contributed by atoms with Crippen molar-refractivity contribution in [1.82, 2.24) is 4.98 Å². The monoisotopic (exact) mass is 355 g/mol. The van der Waals surface area contributed by atoms with Crippen molar-refractivity contribution < 1.29 is 22.0 Å². The van der Waals surface area contributed by atoms with E-state index in [0.717, 1.165) is 12.1 Å². The Morgan fingerprint density at radius 2 is 1.79 bits per heavy atom. The lowest BCUT2D eigenvalue weighted by molar-refractivity contribution is -0.140. The van der Waals surface area contributed by atoms with Gasteiger partial charge >= 0.3 is 6.18 Å². The molecule has 1 aromatic heterocycles.